The number of aromatic amines is 1. The number of aromatic nitrogens is 4. The summed E-state index contributed by atoms with van der Waals surface area (Å²) in [6.07, 6.45) is 0. The van der Waals surface area contributed by atoms with Gasteiger partial charge in [-0.3, -0.25) is 9.78 Å². The molecule has 0 amide bonds. The normalized spacial score (nSPS) is 11.8. The van der Waals surface area contributed by atoms with Crippen LogP contribution < -0.4 is 5.32 Å². The van der Waals surface area contributed by atoms with E-state index in [0.717, 1.165) is 16.5 Å². The van der Waals surface area contributed by atoms with Gasteiger partial charge in [-0.1, -0.05) is 44.0 Å². The predicted molar refractivity (Wildman–Crippen MR) is 107 cm³/mol. The minimum Gasteiger partial charge on any atom is -0.464 e. The number of nitrogens with one attached hydrogen (secondary N) is 2. The lowest BCUT2D eigenvalue weighted by Crippen LogP contribution is -2.11. The third-order valence-electron chi connectivity index (χ3n) is 4.32. The van der Waals surface area contributed by atoms with Crippen molar-refractivity contribution in [2.45, 2.75) is 32.7 Å². The van der Waals surface area contributed by atoms with E-state index in [9.17, 15) is 4.79 Å². The van der Waals surface area contributed by atoms with E-state index in [1.165, 1.54) is 11.8 Å². The standard InChI is InChI=1S/C18H21Cl2N5O2/c1-18(2,3)10-6-9-12(7-11(10)19)22-23-16(9)21-8-13-14(20)15(17(26)27-5)25(4)24-13/h6-7H,8H2,1-5H3,(H2,21,22,23). The summed E-state index contributed by atoms with van der Waals surface area (Å²) in [5.41, 5.74) is 2.51. The molecule has 0 fully saturated rings. The molecule has 2 heterocycles. The molecule has 27 heavy (non-hydrogen) atoms. The average molecular weight is 410 g/mol. The fourth-order valence-electron chi connectivity index (χ4n) is 2.90. The van der Waals surface area contributed by atoms with Crippen molar-refractivity contribution in [3.8, 4) is 0 Å². The van der Waals surface area contributed by atoms with Gasteiger partial charge in [-0.15, -0.1) is 0 Å². The van der Waals surface area contributed by atoms with E-state index in [1.54, 1.807) is 7.05 Å². The minimum absolute atomic E-state index is 0.0977. The highest BCUT2D eigenvalue weighted by molar-refractivity contribution is 6.34. The van der Waals surface area contributed by atoms with E-state index in [2.05, 4.69) is 41.4 Å². The molecule has 144 valence electrons. The number of carbonyl (C=O) groups excluding carboxylic acids is 1. The molecular formula is C18H21Cl2N5O2. The van der Waals surface area contributed by atoms with Crippen molar-refractivity contribution in [2.75, 3.05) is 12.4 Å². The zero-order valence-corrected chi connectivity index (χ0v) is 17.3. The topological polar surface area (TPSA) is 84.8 Å². The number of esters is 1. The first-order valence-electron chi connectivity index (χ1n) is 8.35. The Bertz CT molecular complexity index is 1020. The molecule has 0 unspecified atom stereocenters. The maximum Gasteiger partial charge on any atom is 0.357 e. The minimum atomic E-state index is -0.532. The number of nitrogens with zero attached hydrogens (tertiary/aromatic N) is 3. The second-order valence-corrected chi connectivity index (χ2v) is 8.06. The zero-order chi connectivity index (χ0) is 19.9. The van der Waals surface area contributed by atoms with Crippen LogP contribution in [0.4, 0.5) is 5.82 Å². The Balaban J connectivity index is 1.91. The molecule has 0 aliphatic heterocycles. The Kier molecular flexibility index (Phi) is 5.10. The van der Waals surface area contributed by atoms with Gasteiger partial charge >= 0.3 is 5.97 Å². The number of anilines is 1. The summed E-state index contributed by atoms with van der Waals surface area (Å²) in [6.45, 7) is 6.62. The molecule has 0 saturated carbocycles. The van der Waals surface area contributed by atoms with Crippen LogP contribution in [0.5, 0.6) is 0 Å². The monoisotopic (exact) mass is 409 g/mol. The van der Waals surface area contributed by atoms with Crippen molar-refractivity contribution < 1.29 is 9.53 Å². The molecule has 2 aromatic heterocycles. The van der Waals surface area contributed by atoms with Gasteiger partial charge in [0.25, 0.3) is 0 Å². The van der Waals surface area contributed by atoms with Crippen LogP contribution in [-0.4, -0.2) is 33.1 Å². The summed E-state index contributed by atoms with van der Waals surface area (Å²) in [6, 6.07) is 3.90. The average Bonchev–Trinajstić information content (AvgIpc) is 3.10. The van der Waals surface area contributed by atoms with E-state index in [-0.39, 0.29) is 16.1 Å². The molecular weight excluding hydrogens is 389 g/mol. The van der Waals surface area contributed by atoms with Gasteiger partial charge in [0.15, 0.2) is 11.5 Å². The number of halogens is 2. The fourth-order valence-corrected chi connectivity index (χ4v) is 3.65. The highest BCUT2D eigenvalue weighted by Crippen LogP contribution is 2.35. The van der Waals surface area contributed by atoms with E-state index in [1.807, 2.05) is 12.1 Å². The van der Waals surface area contributed by atoms with Gasteiger partial charge in [0.05, 0.1) is 24.2 Å². The second kappa shape index (κ2) is 7.05. The van der Waals surface area contributed by atoms with E-state index in [4.69, 9.17) is 27.9 Å². The molecule has 0 saturated heterocycles. The smallest absolute Gasteiger partial charge is 0.357 e. The van der Waals surface area contributed by atoms with Crippen molar-refractivity contribution in [3.05, 3.63) is 39.1 Å². The Morgan fingerprint density at radius 2 is 2.04 bits per heavy atom. The molecule has 0 atom stereocenters. The lowest BCUT2D eigenvalue weighted by molar-refractivity contribution is 0.0588. The zero-order valence-electron chi connectivity index (χ0n) is 15.8. The number of methoxy groups -OCH3 is 1. The second-order valence-electron chi connectivity index (χ2n) is 7.28. The van der Waals surface area contributed by atoms with Gasteiger partial charge < -0.3 is 10.1 Å². The molecule has 9 heteroatoms. The Morgan fingerprint density at radius 3 is 2.67 bits per heavy atom. The first-order chi connectivity index (χ1) is 12.6. The molecule has 3 aromatic rings. The van der Waals surface area contributed by atoms with Crippen molar-refractivity contribution in [1.29, 1.82) is 0 Å². The number of rotatable bonds is 4. The number of fused-ring (bicyclic) bond motifs is 1. The number of benzene rings is 1. The molecule has 0 radical (unpaired) electrons. The largest absolute Gasteiger partial charge is 0.464 e. The van der Waals surface area contributed by atoms with Crippen molar-refractivity contribution in [2.24, 2.45) is 7.05 Å². The van der Waals surface area contributed by atoms with Crippen LogP contribution in [-0.2, 0) is 23.7 Å². The summed E-state index contributed by atoms with van der Waals surface area (Å²) in [5, 5.41) is 16.7. The van der Waals surface area contributed by atoms with Crippen LogP contribution in [0.15, 0.2) is 12.1 Å². The van der Waals surface area contributed by atoms with Gasteiger partial charge in [-0.05, 0) is 23.1 Å². The van der Waals surface area contributed by atoms with Gasteiger partial charge in [0.1, 0.15) is 5.69 Å². The summed E-state index contributed by atoms with van der Waals surface area (Å²) < 4.78 is 6.15. The molecule has 0 aliphatic carbocycles. The highest BCUT2D eigenvalue weighted by atomic mass is 35.5. The molecule has 3 rings (SSSR count). The Morgan fingerprint density at radius 1 is 1.33 bits per heavy atom. The SMILES string of the molecule is COC(=O)c1c(Cl)c(CNc2n[nH]c3cc(Cl)c(C(C)(C)C)cc23)nn1C. The Hall–Kier alpha value is -2.25. The summed E-state index contributed by atoms with van der Waals surface area (Å²) in [5.74, 6) is 0.129. The van der Waals surface area contributed by atoms with Crippen molar-refractivity contribution in [1.82, 2.24) is 20.0 Å². The number of hydrogen-bond donors (Lipinski definition) is 2. The molecule has 1 aromatic carbocycles. The number of hydrogen-bond acceptors (Lipinski definition) is 5. The number of aryl methyl sites for hydroxylation is 1. The Labute approximate surface area is 167 Å². The first kappa shape index (κ1) is 19.5. The number of ether oxygens (including phenoxy) is 1. The predicted octanol–water partition coefficient (Wildman–Crippen LogP) is 4.30. The van der Waals surface area contributed by atoms with Crippen LogP contribution in [0, 0.1) is 0 Å². The van der Waals surface area contributed by atoms with Crippen LogP contribution in [0.2, 0.25) is 10.0 Å². The van der Waals surface area contributed by atoms with Crippen molar-refractivity contribution in [3.63, 3.8) is 0 Å². The first-order valence-corrected chi connectivity index (χ1v) is 9.10. The van der Waals surface area contributed by atoms with Crippen LogP contribution in [0.3, 0.4) is 0 Å². The summed E-state index contributed by atoms with van der Waals surface area (Å²) in [7, 11) is 2.95. The van der Waals surface area contributed by atoms with Crippen molar-refractivity contribution >= 4 is 45.9 Å². The van der Waals surface area contributed by atoms with E-state index in [0.29, 0.717) is 23.1 Å². The molecule has 0 bridgehead atoms. The number of H-pyrrole nitrogens is 1. The van der Waals surface area contributed by atoms with Gasteiger partial charge in [0, 0.05) is 17.5 Å². The molecule has 2 N–H and O–H groups in total. The third-order valence-corrected chi connectivity index (χ3v) is 5.03. The van der Waals surface area contributed by atoms with E-state index < -0.39 is 5.97 Å². The lowest BCUT2D eigenvalue weighted by atomic mass is 9.86. The van der Waals surface area contributed by atoms with Crippen LogP contribution in [0.25, 0.3) is 10.9 Å². The quantitative estimate of drug-likeness (QED) is 0.627. The third kappa shape index (κ3) is 3.61. The highest BCUT2D eigenvalue weighted by Gasteiger charge is 2.22. The van der Waals surface area contributed by atoms with Gasteiger partial charge in [-0.25, -0.2) is 4.79 Å². The number of carbonyl (C=O) groups is 1. The molecule has 0 spiro atoms. The van der Waals surface area contributed by atoms with Crippen LogP contribution in [0.1, 0.15) is 42.5 Å². The maximum absolute atomic E-state index is 11.8. The van der Waals surface area contributed by atoms with Gasteiger partial charge in [-0.2, -0.15) is 10.2 Å². The maximum atomic E-state index is 11.8. The van der Waals surface area contributed by atoms with Crippen LogP contribution >= 0.6 is 23.2 Å². The summed E-state index contributed by atoms with van der Waals surface area (Å²) in [4.78, 5) is 11.8. The lowest BCUT2D eigenvalue weighted by Gasteiger charge is -2.20. The van der Waals surface area contributed by atoms with Gasteiger partial charge in [0.2, 0.25) is 0 Å². The summed E-state index contributed by atoms with van der Waals surface area (Å²) >= 11 is 12.7. The fraction of sp³-hybridized carbons (Fsp3) is 0.389. The molecule has 0 aliphatic rings. The van der Waals surface area contributed by atoms with E-state index >= 15 is 0 Å². The molecule has 7 nitrogen and oxygen atoms in total.